The maximum atomic E-state index is 11.9. The summed E-state index contributed by atoms with van der Waals surface area (Å²) in [5.41, 5.74) is 0.425. The summed E-state index contributed by atoms with van der Waals surface area (Å²) in [6.45, 7) is 1.01. The van der Waals surface area contributed by atoms with Crippen LogP contribution in [0.2, 0.25) is 0 Å². The summed E-state index contributed by atoms with van der Waals surface area (Å²) in [5, 5.41) is 13.2. The third-order valence-corrected chi connectivity index (χ3v) is 5.09. The molecule has 2 rings (SSSR count). The van der Waals surface area contributed by atoms with E-state index in [4.69, 9.17) is 0 Å². The number of carbonyl (C=O) groups is 1. The molecule has 1 aliphatic rings. The zero-order chi connectivity index (χ0) is 16.2. The normalized spacial score (nSPS) is 18.4. The van der Waals surface area contributed by atoms with Crippen molar-refractivity contribution in [2.24, 2.45) is 0 Å². The van der Waals surface area contributed by atoms with Crippen LogP contribution in [-0.4, -0.2) is 55.3 Å². The monoisotopic (exact) mass is 327 g/mol. The number of amides is 1. The fourth-order valence-corrected chi connectivity index (χ4v) is 3.53. The Bertz CT molecular complexity index is 657. The highest BCUT2D eigenvalue weighted by Gasteiger charge is 2.20. The Morgan fingerprint density at radius 2 is 1.91 bits per heavy atom. The summed E-state index contributed by atoms with van der Waals surface area (Å²) < 4.78 is 23.0. The van der Waals surface area contributed by atoms with E-state index in [1.165, 1.54) is 24.3 Å². The van der Waals surface area contributed by atoms with E-state index in [1.807, 2.05) is 0 Å². The van der Waals surface area contributed by atoms with Crippen molar-refractivity contribution in [1.29, 1.82) is 0 Å². The molecular weight excluding hydrogens is 310 g/mol. The number of anilines is 1. The minimum Gasteiger partial charge on any atom is -0.325 e. The van der Waals surface area contributed by atoms with Crippen LogP contribution in [0.4, 0.5) is 11.4 Å². The molecule has 1 saturated heterocycles. The first-order chi connectivity index (χ1) is 10.4. The van der Waals surface area contributed by atoms with Gasteiger partial charge >= 0.3 is 0 Å². The van der Waals surface area contributed by atoms with E-state index >= 15 is 0 Å². The number of benzene rings is 1. The molecule has 0 unspecified atom stereocenters. The van der Waals surface area contributed by atoms with E-state index in [-0.39, 0.29) is 29.6 Å². The van der Waals surface area contributed by atoms with E-state index in [0.717, 1.165) is 0 Å². The molecule has 8 nitrogen and oxygen atoms in total. The molecule has 0 aromatic heterocycles. The third kappa shape index (κ3) is 4.78. The molecule has 1 aromatic carbocycles. The lowest BCUT2D eigenvalue weighted by molar-refractivity contribution is -0.384. The molecule has 1 N–H and O–H groups in total. The maximum Gasteiger partial charge on any atom is 0.269 e. The van der Waals surface area contributed by atoms with Crippen molar-refractivity contribution in [1.82, 2.24) is 4.90 Å². The van der Waals surface area contributed by atoms with Crippen molar-refractivity contribution in [2.45, 2.75) is 6.42 Å². The van der Waals surface area contributed by atoms with E-state index < -0.39 is 14.8 Å². The second-order valence-electron chi connectivity index (χ2n) is 5.13. The molecule has 0 bridgehead atoms. The first-order valence-corrected chi connectivity index (χ1v) is 8.65. The zero-order valence-electron chi connectivity index (χ0n) is 11.9. The van der Waals surface area contributed by atoms with Gasteiger partial charge in [-0.2, -0.15) is 0 Å². The van der Waals surface area contributed by atoms with Crippen molar-refractivity contribution in [3.05, 3.63) is 34.4 Å². The minimum absolute atomic E-state index is 0.0456. The molecule has 0 aliphatic carbocycles. The molecule has 1 heterocycles. The average molecular weight is 327 g/mol. The first-order valence-electron chi connectivity index (χ1n) is 6.83. The Kier molecular flexibility index (Phi) is 5.09. The second kappa shape index (κ2) is 6.84. The van der Waals surface area contributed by atoms with E-state index in [9.17, 15) is 23.3 Å². The predicted molar refractivity (Wildman–Crippen MR) is 81.4 cm³/mol. The van der Waals surface area contributed by atoms with E-state index in [1.54, 1.807) is 4.90 Å². The van der Waals surface area contributed by atoms with Gasteiger partial charge in [0.05, 0.1) is 23.0 Å². The Labute approximate surface area is 128 Å². The summed E-state index contributed by atoms with van der Waals surface area (Å²) >= 11 is 0. The van der Waals surface area contributed by atoms with Gasteiger partial charge < -0.3 is 5.32 Å². The SMILES string of the molecule is O=C(CN1CCCS(=O)(=O)CC1)Nc1ccc([N+](=O)[O-])cc1. The van der Waals surface area contributed by atoms with Crippen molar-refractivity contribution in [3.63, 3.8) is 0 Å². The molecule has 1 fully saturated rings. The lowest BCUT2D eigenvalue weighted by Crippen LogP contribution is -2.35. The van der Waals surface area contributed by atoms with Crippen LogP contribution in [0.15, 0.2) is 24.3 Å². The first kappa shape index (κ1) is 16.4. The minimum atomic E-state index is -3.00. The van der Waals surface area contributed by atoms with Gasteiger partial charge in [-0.3, -0.25) is 19.8 Å². The van der Waals surface area contributed by atoms with Gasteiger partial charge in [0.25, 0.3) is 5.69 Å². The molecule has 0 atom stereocenters. The summed E-state index contributed by atoms with van der Waals surface area (Å²) in [6, 6.07) is 5.55. The van der Waals surface area contributed by atoms with E-state index in [0.29, 0.717) is 25.2 Å². The highest BCUT2D eigenvalue weighted by atomic mass is 32.2. The van der Waals surface area contributed by atoms with E-state index in [2.05, 4.69) is 5.32 Å². The number of nitrogens with zero attached hydrogens (tertiary/aromatic N) is 2. The van der Waals surface area contributed by atoms with Gasteiger partial charge in [0, 0.05) is 24.4 Å². The van der Waals surface area contributed by atoms with Gasteiger partial charge in [0.1, 0.15) is 0 Å². The van der Waals surface area contributed by atoms with Crippen LogP contribution in [-0.2, 0) is 14.6 Å². The lowest BCUT2D eigenvalue weighted by Gasteiger charge is -2.18. The average Bonchev–Trinajstić information content (AvgIpc) is 2.60. The maximum absolute atomic E-state index is 11.9. The number of nitrogens with one attached hydrogen (secondary N) is 1. The van der Waals surface area contributed by atoms with Gasteiger partial charge in [-0.05, 0) is 25.1 Å². The van der Waals surface area contributed by atoms with Crippen molar-refractivity contribution >= 4 is 27.1 Å². The lowest BCUT2D eigenvalue weighted by atomic mass is 10.3. The van der Waals surface area contributed by atoms with Crippen molar-refractivity contribution < 1.29 is 18.1 Å². The van der Waals surface area contributed by atoms with Crippen molar-refractivity contribution in [3.8, 4) is 0 Å². The number of rotatable bonds is 4. The number of nitro benzene ring substituents is 1. The Morgan fingerprint density at radius 3 is 2.55 bits per heavy atom. The predicted octanol–water partition coefficient (Wildman–Crippen LogP) is 0.654. The number of nitro groups is 1. The molecule has 22 heavy (non-hydrogen) atoms. The molecule has 9 heteroatoms. The quantitative estimate of drug-likeness (QED) is 0.642. The summed E-state index contributed by atoms with van der Waals surface area (Å²) in [6.07, 6.45) is 0.521. The highest BCUT2D eigenvalue weighted by molar-refractivity contribution is 7.91. The number of sulfone groups is 1. The van der Waals surface area contributed by atoms with Crippen LogP contribution in [0, 0.1) is 10.1 Å². The van der Waals surface area contributed by atoms with Crippen LogP contribution in [0.3, 0.4) is 0 Å². The largest absolute Gasteiger partial charge is 0.325 e. The van der Waals surface area contributed by atoms with Crippen LogP contribution >= 0.6 is 0 Å². The highest BCUT2D eigenvalue weighted by Crippen LogP contribution is 2.15. The zero-order valence-corrected chi connectivity index (χ0v) is 12.7. The summed E-state index contributed by atoms with van der Waals surface area (Å²) in [5.74, 6) is -0.0428. The van der Waals surface area contributed by atoms with Gasteiger partial charge in [-0.15, -0.1) is 0 Å². The number of non-ortho nitro benzene ring substituents is 1. The third-order valence-electron chi connectivity index (χ3n) is 3.38. The standard InChI is InChI=1S/C13H17N3O5S/c17-13(10-15-6-1-8-22(20,21)9-7-15)14-11-2-4-12(5-3-11)16(18)19/h2-5H,1,6-10H2,(H,14,17). The molecule has 0 spiro atoms. The van der Waals surface area contributed by atoms with Crippen molar-refractivity contribution in [2.75, 3.05) is 36.5 Å². The Balaban J connectivity index is 1.88. The summed E-state index contributed by atoms with van der Waals surface area (Å²) in [7, 11) is -3.00. The Morgan fingerprint density at radius 1 is 1.23 bits per heavy atom. The smallest absolute Gasteiger partial charge is 0.269 e. The van der Waals surface area contributed by atoms with Gasteiger partial charge in [-0.25, -0.2) is 8.42 Å². The van der Waals surface area contributed by atoms with Gasteiger partial charge in [0.15, 0.2) is 9.84 Å². The van der Waals surface area contributed by atoms with Crippen LogP contribution in [0.1, 0.15) is 6.42 Å². The summed E-state index contributed by atoms with van der Waals surface area (Å²) in [4.78, 5) is 23.8. The van der Waals surface area contributed by atoms with Crippen LogP contribution in [0.25, 0.3) is 0 Å². The van der Waals surface area contributed by atoms with Gasteiger partial charge in [0.2, 0.25) is 5.91 Å². The molecule has 1 aliphatic heterocycles. The molecule has 0 saturated carbocycles. The van der Waals surface area contributed by atoms with Crippen LogP contribution in [0.5, 0.6) is 0 Å². The number of hydrogen-bond acceptors (Lipinski definition) is 6. The van der Waals surface area contributed by atoms with Crippen LogP contribution < -0.4 is 5.32 Å². The second-order valence-corrected chi connectivity index (χ2v) is 7.44. The Hall–Kier alpha value is -2.00. The fourth-order valence-electron chi connectivity index (χ4n) is 2.22. The number of hydrogen-bond donors (Lipinski definition) is 1. The molecule has 1 amide bonds. The van der Waals surface area contributed by atoms with Gasteiger partial charge in [-0.1, -0.05) is 0 Å². The molecular formula is C13H17N3O5S. The topological polar surface area (TPSA) is 110 Å². The molecule has 120 valence electrons. The number of carbonyl (C=O) groups excluding carboxylic acids is 1. The fraction of sp³-hybridized carbons (Fsp3) is 0.462. The molecule has 0 radical (unpaired) electrons. The molecule has 1 aromatic rings.